The van der Waals surface area contributed by atoms with Crippen LogP contribution in [0, 0.1) is 0 Å². The topological polar surface area (TPSA) is 118 Å². The van der Waals surface area contributed by atoms with Crippen molar-refractivity contribution in [2.75, 3.05) is 6.61 Å². The van der Waals surface area contributed by atoms with Gasteiger partial charge in [-0.3, -0.25) is 19.2 Å². The van der Waals surface area contributed by atoms with Crippen LogP contribution in [0.15, 0.2) is 34.9 Å². The van der Waals surface area contributed by atoms with E-state index in [1.165, 1.54) is 27.7 Å². The largest absolute Gasteiger partial charge is 0.461 e. The van der Waals surface area contributed by atoms with Crippen molar-refractivity contribution in [3.8, 4) is 0 Å². The number of fused-ring (bicyclic) bond motifs is 1. The number of esters is 4. The van der Waals surface area contributed by atoms with Gasteiger partial charge in [0.05, 0.1) is 0 Å². The Kier molecular flexibility index (Phi) is 8.01. The Hall–Kier alpha value is -2.94. The molecule has 1 saturated heterocycles. The third-order valence-corrected chi connectivity index (χ3v) is 4.98. The molecule has 2 rings (SSSR count). The molecule has 0 unspecified atom stereocenters. The van der Waals surface area contributed by atoms with E-state index in [0.717, 1.165) is 5.57 Å². The van der Waals surface area contributed by atoms with Crippen LogP contribution in [0.5, 0.6) is 0 Å². The van der Waals surface area contributed by atoms with Crippen LogP contribution in [0.25, 0.3) is 0 Å². The van der Waals surface area contributed by atoms with Gasteiger partial charge in [-0.25, -0.2) is 0 Å². The van der Waals surface area contributed by atoms with E-state index in [4.69, 9.17) is 23.7 Å². The van der Waals surface area contributed by atoms with E-state index in [1.807, 2.05) is 13.8 Å². The van der Waals surface area contributed by atoms with Gasteiger partial charge in [0.25, 0.3) is 0 Å². The predicted octanol–water partition coefficient (Wildman–Crippen LogP) is 2.33. The molecule has 0 radical (unpaired) electrons. The number of ether oxygens (including phenoxy) is 5. The molecule has 0 N–H and O–H groups in total. The van der Waals surface area contributed by atoms with Crippen molar-refractivity contribution in [2.45, 2.75) is 78.5 Å². The summed E-state index contributed by atoms with van der Waals surface area (Å²) in [5, 5.41) is 0. The minimum absolute atomic E-state index is 0.193. The molecule has 0 aromatic rings. The third-order valence-electron chi connectivity index (χ3n) is 4.98. The maximum absolute atomic E-state index is 12.0. The monoisotopic (exact) mass is 450 g/mol. The van der Waals surface area contributed by atoms with Crippen LogP contribution < -0.4 is 0 Å². The Labute approximate surface area is 187 Å². The summed E-state index contributed by atoms with van der Waals surface area (Å²) in [5.74, 6) is -2.23. The Morgan fingerprint density at radius 2 is 1.59 bits per heavy atom. The minimum atomic E-state index is -1.32. The fraction of sp³-hybridized carbons (Fsp3) is 0.565. The molecule has 32 heavy (non-hydrogen) atoms. The molecule has 0 aromatic carbocycles. The number of hydrogen-bond acceptors (Lipinski definition) is 9. The van der Waals surface area contributed by atoms with Gasteiger partial charge in [-0.05, 0) is 26.8 Å². The van der Waals surface area contributed by atoms with Crippen LogP contribution in [-0.4, -0.2) is 60.5 Å². The number of epoxide rings is 1. The molecule has 9 nitrogen and oxygen atoms in total. The summed E-state index contributed by atoms with van der Waals surface area (Å²) in [7, 11) is 0. The lowest BCUT2D eigenvalue weighted by molar-refractivity contribution is -0.158. The van der Waals surface area contributed by atoms with Gasteiger partial charge >= 0.3 is 23.9 Å². The van der Waals surface area contributed by atoms with Crippen LogP contribution in [0.2, 0.25) is 0 Å². The summed E-state index contributed by atoms with van der Waals surface area (Å²) < 4.78 is 28.1. The molecule has 0 saturated carbocycles. The normalized spacial score (nSPS) is 27.2. The van der Waals surface area contributed by atoms with E-state index in [-0.39, 0.29) is 6.61 Å². The summed E-state index contributed by atoms with van der Waals surface area (Å²) in [6.45, 7) is 10.2. The maximum atomic E-state index is 12.0. The first-order valence-corrected chi connectivity index (χ1v) is 10.3. The standard InChI is InChI=1S/C23H30O9/c1-8-9-17-18(11-28-13(4)24)20(30-15(6)26)22-23(32-22,21(17)31-16(7)27)19(10-12(2)3)29-14(5)25/h8-10,19-22H,11H2,1-7H3/b9-8+/t19-,20-,21-,22+,23+/m1/s1. The van der Waals surface area contributed by atoms with Gasteiger partial charge in [0.1, 0.15) is 12.7 Å². The van der Waals surface area contributed by atoms with Gasteiger partial charge in [-0.2, -0.15) is 0 Å². The quantitative estimate of drug-likeness (QED) is 0.238. The van der Waals surface area contributed by atoms with E-state index in [9.17, 15) is 19.2 Å². The molecule has 1 heterocycles. The highest BCUT2D eigenvalue weighted by atomic mass is 16.7. The van der Waals surface area contributed by atoms with Crippen molar-refractivity contribution in [1.82, 2.24) is 0 Å². The van der Waals surface area contributed by atoms with Crippen LogP contribution >= 0.6 is 0 Å². The molecule has 1 fully saturated rings. The highest BCUT2D eigenvalue weighted by Gasteiger charge is 2.75. The molecule has 0 amide bonds. The number of hydrogen-bond donors (Lipinski definition) is 0. The molecule has 176 valence electrons. The highest BCUT2D eigenvalue weighted by Crippen LogP contribution is 2.56. The Morgan fingerprint density at radius 3 is 2.06 bits per heavy atom. The van der Waals surface area contributed by atoms with Crippen LogP contribution in [0.4, 0.5) is 0 Å². The highest BCUT2D eigenvalue weighted by molar-refractivity contribution is 5.70. The van der Waals surface area contributed by atoms with E-state index >= 15 is 0 Å². The van der Waals surface area contributed by atoms with Gasteiger partial charge in [-0.1, -0.05) is 17.7 Å². The first-order valence-electron chi connectivity index (χ1n) is 10.3. The van der Waals surface area contributed by atoms with Gasteiger partial charge in [-0.15, -0.1) is 0 Å². The zero-order valence-electron chi connectivity index (χ0n) is 19.4. The maximum Gasteiger partial charge on any atom is 0.303 e. The van der Waals surface area contributed by atoms with E-state index in [0.29, 0.717) is 11.1 Å². The summed E-state index contributed by atoms with van der Waals surface area (Å²) in [5.41, 5.74) is 0.399. The number of carbonyl (C=O) groups excluding carboxylic acids is 4. The van der Waals surface area contributed by atoms with Gasteiger partial charge in [0.15, 0.2) is 23.9 Å². The zero-order valence-corrected chi connectivity index (χ0v) is 19.4. The molecule has 1 aliphatic heterocycles. The summed E-state index contributed by atoms with van der Waals surface area (Å²) in [6.07, 6.45) is 1.43. The lowest BCUT2D eigenvalue weighted by atomic mass is 9.76. The van der Waals surface area contributed by atoms with Crippen LogP contribution in [0.1, 0.15) is 48.5 Å². The fourth-order valence-corrected chi connectivity index (χ4v) is 3.92. The molecule has 9 heteroatoms. The molecule has 0 aromatic heterocycles. The second kappa shape index (κ2) is 10.1. The predicted molar refractivity (Wildman–Crippen MR) is 112 cm³/mol. The van der Waals surface area contributed by atoms with Gasteiger partial charge in [0.2, 0.25) is 0 Å². The summed E-state index contributed by atoms with van der Waals surface area (Å²) in [6, 6.07) is 0. The molecule has 1 aliphatic carbocycles. The Morgan fingerprint density at radius 1 is 0.969 bits per heavy atom. The van der Waals surface area contributed by atoms with E-state index < -0.39 is 53.9 Å². The number of carbonyl (C=O) groups is 4. The SMILES string of the molecule is C/C=C/C1=C(COC(C)=O)[C@@H](OC(C)=O)[C@@H]2O[C@@]2([C@@H](C=C(C)C)OC(C)=O)[C@@H]1OC(C)=O. The lowest BCUT2D eigenvalue weighted by Crippen LogP contribution is -2.53. The van der Waals surface area contributed by atoms with Gasteiger partial charge in [0, 0.05) is 38.8 Å². The zero-order chi connectivity index (χ0) is 24.2. The molecular weight excluding hydrogens is 420 g/mol. The first-order chi connectivity index (χ1) is 14.9. The van der Waals surface area contributed by atoms with Crippen molar-refractivity contribution < 1.29 is 42.9 Å². The fourth-order valence-electron chi connectivity index (χ4n) is 3.92. The Bertz CT molecular complexity index is 878. The second-order valence-electron chi connectivity index (χ2n) is 7.95. The second-order valence-corrected chi connectivity index (χ2v) is 7.95. The van der Waals surface area contributed by atoms with Crippen molar-refractivity contribution in [3.63, 3.8) is 0 Å². The Balaban J connectivity index is 2.74. The summed E-state index contributed by atoms with van der Waals surface area (Å²) in [4.78, 5) is 47.3. The molecule has 0 bridgehead atoms. The van der Waals surface area contributed by atoms with Crippen LogP contribution in [0.3, 0.4) is 0 Å². The smallest absolute Gasteiger partial charge is 0.303 e. The third kappa shape index (κ3) is 5.45. The van der Waals surface area contributed by atoms with Crippen LogP contribution in [-0.2, 0) is 42.9 Å². The van der Waals surface area contributed by atoms with Crippen molar-refractivity contribution >= 4 is 23.9 Å². The van der Waals surface area contributed by atoms with Gasteiger partial charge < -0.3 is 23.7 Å². The molecule has 5 atom stereocenters. The average Bonchev–Trinajstić information content (AvgIpc) is 3.39. The lowest BCUT2D eigenvalue weighted by Gasteiger charge is -2.37. The molecular formula is C23H30O9. The van der Waals surface area contributed by atoms with E-state index in [2.05, 4.69) is 0 Å². The van der Waals surface area contributed by atoms with Crippen molar-refractivity contribution in [1.29, 1.82) is 0 Å². The average molecular weight is 450 g/mol. The number of allylic oxidation sites excluding steroid dienone is 2. The van der Waals surface area contributed by atoms with Crippen molar-refractivity contribution in [3.05, 3.63) is 34.9 Å². The first kappa shape index (κ1) is 25.3. The minimum Gasteiger partial charge on any atom is -0.461 e. The molecule has 2 aliphatic rings. The van der Waals surface area contributed by atoms with E-state index in [1.54, 1.807) is 25.2 Å². The molecule has 0 spiro atoms. The summed E-state index contributed by atoms with van der Waals surface area (Å²) >= 11 is 0. The number of rotatable bonds is 8. The van der Waals surface area contributed by atoms with Crippen molar-refractivity contribution in [2.24, 2.45) is 0 Å².